The Kier molecular flexibility index (Phi) is 7.33. The summed E-state index contributed by atoms with van der Waals surface area (Å²) in [5.41, 5.74) is 0.446. The molecule has 2 aromatic rings. The molecule has 2 rings (SSSR count). The van der Waals surface area contributed by atoms with Crippen LogP contribution in [0, 0.1) is 5.82 Å². The van der Waals surface area contributed by atoms with E-state index in [1.165, 1.54) is 18.2 Å². The van der Waals surface area contributed by atoms with Crippen LogP contribution in [0.25, 0.3) is 0 Å². The molecule has 0 N–H and O–H groups in total. The highest BCUT2D eigenvalue weighted by Crippen LogP contribution is 2.33. The molecule has 0 radical (unpaired) electrons. The van der Waals surface area contributed by atoms with E-state index in [4.69, 9.17) is 4.74 Å². The maximum absolute atomic E-state index is 13.4. The molecule has 148 valence electrons. The summed E-state index contributed by atoms with van der Waals surface area (Å²) in [5, 5.41) is 0. The predicted molar refractivity (Wildman–Crippen MR) is 95.8 cm³/mol. The smallest absolute Gasteiger partial charge is 0.383 e. The van der Waals surface area contributed by atoms with Gasteiger partial charge in [0.25, 0.3) is 0 Å². The van der Waals surface area contributed by atoms with Gasteiger partial charge in [0.15, 0.2) is 0 Å². The van der Waals surface area contributed by atoms with E-state index in [-0.39, 0.29) is 11.9 Å². The Bertz CT molecular complexity index is 701. The zero-order chi connectivity index (χ0) is 20.0. The van der Waals surface area contributed by atoms with Gasteiger partial charge in [-0.05, 0) is 49.7 Å². The molecule has 27 heavy (non-hydrogen) atoms. The molecule has 0 saturated heterocycles. The van der Waals surface area contributed by atoms with Crippen LogP contribution >= 0.6 is 0 Å². The standard InChI is InChI=1S/C20H24F4N2O/c1-4-11-26(14(2)13-27-3)19(15-5-8-17(21)9-6-15)18-10-7-16(12-25-18)20(22,23)24/h5-10,12,14,19H,4,11,13H2,1-3H3/t14-,19?/m0/s1. The fraction of sp³-hybridized carbons (Fsp3) is 0.450. The summed E-state index contributed by atoms with van der Waals surface area (Å²) in [7, 11) is 1.60. The fourth-order valence-corrected chi connectivity index (χ4v) is 3.11. The van der Waals surface area contributed by atoms with Gasteiger partial charge in [0.1, 0.15) is 5.82 Å². The van der Waals surface area contributed by atoms with Crippen molar-refractivity contribution in [1.29, 1.82) is 0 Å². The highest BCUT2D eigenvalue weighted by molar-refractivity contribution is 5.30. The van der Waals surface area contributed by atoms with Crippen molar-refractivity contribution in [3.8, 4) is 0 Å². The van der Waals surface area contributed by atoms with Crippen molar-refractivity contribution in [2.75, 3.05) is 20.3 Å². The number of halogens is 4. The van der Waals surface area contributed by atoms with Gasteiger partial charge in [0.2, 0.25) is 0 Å². The fourth-order valence-electron chi connectivity index (χ4n) is 3.11. The predicted octanol–water partition coefficient (Wildman–Crippen LogP) is 5.08. The summed E-state index contributed by atoms with van der Waals surface area (Å²) in [6.45, 7) is 5.15. The topological polar surface area (TPSA) is 25.4 Å². The van der Waals surface area contributed by atoms with Crippen LogP contribution in [-0.4, -0.2) is 36.2 Å². The molecule has 1 heterocycles. The summed E-state index contributed by atoms with van der Waals surface area (Å²) >= 11 is 0. The zero-order valence-electron chi connectivity index (χ0n) is 15.6. The van der Waals surface area contributed by atoms with Crippen LogP contribution in [0.5, 0.6) is 0 Å². The van der Waals surface area contributed by atoms with Crippen LogP contribution in [0.4, 0.5) is 17.6 Å². The van der Waals surface area contributed by atoms with Crippen LogP contribution in [-0.2, 0) is 10.9 Å². The highest BCUT2D eigenvalue weighted by atomic mass is 19.4. The third-order valence-electron chi connectivity index (χ3n) is 4.37. The summed E-state index contributed by atoms with van der Waals surface area (Å²) in [5.74, 6) is -0.370. The Morgan fingerprint density at radius 1 is 1.11 bits per heavy atom. The van der Waals surface area contributed by atoms with Crippen molar-refractivity contribution in [2.45, 2.75) is 38.5 Å². The van der Waals surface area contributed by atoms with Crippen molar-refractivity contribution in [3.63, 3.8) is 0 Å². The first-order chi connectivity index (χ1) is 12.8. The normalized spacial score (nSPS) is 14.4. The van der Waals surface area contributed by atoms with E-state index >= 15 is 0 Å². The summed E-state index contributed by atoms with van der Waals surface area (Å²) in [6.07, 6.45) is -2.76. The molecule has 0 fully saturated rings. The molecule has 0 aliphatic carbocycles. The van der Waals surface area contributed by atoms with Crippen molar-refractivity contribution in [2.24, 2.45) is 0 Å². The number of hydrogen-bond acceptors (Lipinski definition) is 3. The molecule has 3 nitrogen and oxygen atoms in total. The minimum Gasteiger partial charge on any atom is -0.383 e. The number of ether oxygens (including phenoxy) is 1. The number of nitrogens with zero attached hydrogens (tertiary/aromatic N) is 2. The number of hydrogen-bond donors (Lipinski definition) is 0. The molecule has 2 atom stereocenters. The summed E-state index contributed by atoms with van der Waals surface area (Å²) in [4.78, 5) is 6.21. The van der Waals surface area contributed by atoms with Crippen LogP contribution in [0.3, 0.4) is 0 Å². The first-order valence-electron chi connectivity index (χ1n) is 8.81. The third-order valence-corrected chi connectivity index (χ3v) is 4.37. The Morgan fingerprint density at radius 3 is 2.26 bits per heavy atom. The van der Waals surface area contributed by atoms with Gasteiger partial charge in [-0.3, -0.25) is 9.88 Å². The van der Waals surface area contributed by atoms with Crippen LogP contribution in [0.2, 0.25) is 0 Å². The van der Waals surface area contributed by atoms with Gasteiger partial charge in [-0.15, -0.1) is 0 Å². The summed E-state index contributed by atoms with van der Waals surface area (Å²) < 4.78 is 57.3. The molecule has 0 aliphatic rings. The molecule has 1 aromatic heterocycles. The second-order valence-corrected chi connectivity index (χ2v) is 6.47. The van der Waals surface area contributed by atoms with E-state index in [1.54, 1.807) is 19.2 Å². The van der Waals surface area contributed by atoms with Gasteiger partial charge in [-0.2, -0.15) is 13.2 Å². The number of alkyl halides is 3. The van der Waals surface area contributed by atoms with E-state index in [9.17, 15) is 17.6 Å². The third kappa shape index (κ3) is 5.49. The molecule has 0 amide bonds. The van der Waals surface area contributed by atoms with Crippen LogP contribution < -0.4 is 0 Å². The monoisotopic (exact) mass is 384 g/mol. The first kappa shape index (κ1) is 21.3. The maximum Gasteiger partial charge on any atom is 0.417 e. The summed E-state index contributed by atoms with van der Waals surface area (Å²) in [6, 6.07) is 7.98. The van der Waals surface area contributed by atoms with Gasteiger partial charge < -0.3 is 4.74 Å². The molecular weight excluding hydrogens is 360 g/mol. The molecular formula is C20H24F4N2O. The number of pyridine rings is 1. The quantitative estimate of drug-likeness (QED) is 0.594. The molecule has 0 bridgehead atoms. The van der Waals surface area contributed by atoms with Gasteiger partial charge in [0, 0.05) is 19.3 Å². The van der Waals surface area contributed by atoms with Crippen molar-refractivity contribution in [1.82, 2.24) is 9.88 Å². The lowest BCUT2D eigenvalue weighted by molar-refractivity contribution is -0.137. The van der Waals surface area contributed by atoms with E-state index in [1.807, 2.05) is 13.8 Å². The lowest BCUT2D eigenvalue weighted by Gasteiger charge is -2.36. The Balaban J connectivity index is 2.49. The SMILES string of the molecule is CCCN(C(c1ccc(F)cc1)c1ccc(C(F)(F)F)cn1)[C@@H](C)COC. The Hall–Kier alpha value is -1.99. The van der Waals surface area contributed by atoms with Gasteiger partial charge in [0.05, 0.1) is 23.9 Å². The van der Waals surface area contributed by atoms with E-state index in [2.05, 4.69) is 9.88 Å². The molecule has 7 heteroatoms. The number of methoxy groups -OCH3 is 1. The number of aromatic nitrogens is 1. The van der Waals surface area contributed by atoms with Gasteiger partial charge >= 0.3 is 6.18 Å². The second kappa shape index (κ2) is 9.28. The number of benzene rings is 1. The Morgan fingerprint density at radius 2 is 1.78 bits per heavy atom. The minimum atomic E-state index is -4.44. The zero-order valence-corrected chi connectivity index (χ0v) is 15.6. The first-order valence-corrected chi connectivity index (χ1v) is 8.81. The van der Waals surface area contributed by atoms with E-state index < -0.39 is 17.8 Å². The molecule has 0 spiro atoms. The Labute approximate surface area is 157 Å². The number of rotatable bonds is 8. The van der Waals surface area contributed by atoms with Crippen molar-refractivity contribution >= 4 is 0 Å². The maximum atomic E-state index is 13.4. The van der Waals surface area contributed by atoms with Crippen molar-refractivity contribution < 1.29 is 22.3 Å². The van der Waals surface area contributed by atoms with E-state index in [0.29, 0.717) is 18.8 Å². The highest BCUT2D eigenvalue weighted by Gasteiger charge is 2.32. The lowest BCUT2D eigenvalue weighted by Crippen LogP contribution is -2.40. The van der Waals surface area contributed by atoms with Crippen LogP contribution in [0.1, 0.15) is 43.1 Å². The average molecular weight is 384 g/mol. The average Bonchev–Trinajstić information content (AvgIpc) is 2.62. The van der Waals surface area contributed by atoms with Crippen molar-refractivity contribution in [3.05, 3.63) is 65.2 Å². The second-order valence-electron chi connectivity index (χ2n) is 6.47. The minimum absolute atomic E-state index is 0.00547. The lowest BCUT2D eigenvalue weighted by atomic mass is 9.98. The van der Waals surface area contributed by atoms with Gasteiger partial charge in [-0.25, -0.2) is 4.39 Å². The van der Waals surface area contributed by atoms with E-state index in [0.717, 1.165) is 24.2 Å². The molecule has 1 unspecified atom stereocenters. The molecule has 1 aromatic carbocycles. The van der Waals surface area contributed by atoms with Crippen LogP contribution in [0.15, 0.2) is 42.6 Å². The molecule has 0 aliphatic heterocycles. The largest absolute Gasteiger partial charge is 0.417 e. The molecule has 0 saturated carbocycles. The van der Waals surface area contributed by atoms with Gasteiger partial charge in [-0.1, -0.05) is 19.1 Å².